The molecular formula is C22H22BrN3O3. The van der Waals surface area contributed by atoms with Crippen LogP contribution < -0.4 is 0 Å². The van der Waals surface area contributed by atoms with Crippen molar-refractivity contribution in [3.8, 4) is 0 Å². The van der Waals surface area contributed by atoms with Crippen molar-refractivity contribution in [3.63, 3.8) is 0 Å². The summed E-state index contributed by atoms with van der Waals surface area (Å²) in [6, 6.07) is 12.7. The molecule has 0 N–H and O–H groups in total. The number of benzene rings is 2. The lowest BCUT2D eigenvalue weighted by atomic mass is 9.78. The molecule has 0 spiro atoms. The molecule has 4 rings (SSSR count). The molecule has 0 radical (unpaired) electrons. The summed E-state index contributed by atoms with van der Waals surface area (Å²) in [7, 11) is 0. The predicted octanol–water partition coefficient (Wildman–Crippen LogP) is 4.57. The molecule has 7 heteroatoms. The maximum atomic E-state index is 13.5. The number of ketones is 1. The fourth-order valence-electron chi connectivity index (χ4n) is 4.41. The molecule has 2 aromatic carbocycles. The third kappa shape index (κ3) is 3.27. The van der Waals surface area contributed by atoms with E-state index in [1.165, 1.54) is 0 Å². The van der Waals surface area contributed by atoms with E-state index in [1.54, 1.807) is 11.2 Å². The summed E-state index contributed by atoms with van der Waals surface area (Å²) in [5.41, 5.74) is 1.83. The Balaban J connectivity index is 1.93. The minimum Gasteiger partial charge on any atom is -0.297 e. The number of hydrogen-bond acceptors (Lipinski definition) is 5. The summed E-state index contributed by atoms with van der Waals surface area (Å²) in [6.07, 6.45) is 1.70. The highest BCUT2D eigenvalue weighted by molar-refractivity contribution is 9.10. The minimum atomic E-state index is -0.980. The molecule has 2 aromatic rings. The zero-order valence-electron chi connectivity index (χ0n) is 16.4. The van der Waals surface area contributed by atoms with E-state index in [-0.39, 0.29) is 10.7 Å². The molecule has 0 unspecified atom stereocenters. The zero-order chi connectivity index (χ0) is 20.9. The molecule has 0 aliphatic carbocycles. The number of halogens is 1. The molecule has 1 saturated heterocycles. The van der Waals surface area contributed by atoms with Crippen LogP contribution in [0.25, 0.3) is 0 Å². The highest BCUT2D eigenvalue weighted by atomic mass is 79.9. The lowest BCUT2D eigenvalue weighted by molar-refractivity contribution is -0.529. The SMILES string of the molecule is CC(C)(C)C(=O)[C@@H]1[C@H](c2ccc(Br)cc2)[C@H]([N+](=O)[O-])[C@@H]2c3ccccc3C=NN12. The fourth-order valence-corrected chi connectivity index (χ4v) is 4.68. The van der Waals surface area contributed by atoms with Gasteiger partial charge in [-0.1, -0.05) is 73.1 Å². The molecule has 150 valence electrons. The van der Waals surface area contributed by atoms with Crippen molar-refractivity contribution in [2.45, 2.75) is 44.8 Å². The average Bonchev–Trinajstić information content (AvgIpc) is 3.02. The molecule has 6 nitrogen and oxygen atoms in total. The van der Waals surface area contributed by atoms with Crippen molar-refractivity contribution in [2.75, 3.05) is 0 Å². The molecule has 1 fully saturated rings. The van der Waals surface area contributed by atoms with Crippen LogP contribution >= 0.6 is 15.9 Å². The second-order valence-corrected chi connectivity index (χ2v) is 9.53. The molecular weight excluding hydrogens is 434 g/mol. The molecule has 2 aliphatic heterocycles. The van der Waals surface area contributed by atoms with E-state index in [0.29, 0.717) is 0 Å². The first kappa shape index (κ1) is 19.8. The maximum Gasteiger partial charge on any atom is 0.248 e. The van der Waals surface area contributed by atoms with Gasteiger partial charge in [0.25, 0.3) is 0 Å². The van der Waals surface area contributed by atoms with Crippen LogP contribution in [0.2, 0.25) is 0 Å². The number of carbonyl (C=O) groups is 1. The van der Waals surface area contributed by atoms with Gasteiger partial charge in [-0.05, 0) is 23.3 Å². The Morgan fingerprint density at radius 2 is 1.79 bits per heavy atom. The first-order valence-corrected chi connectivity index (χ1v) is 10.3. The van der Waals surface area contributed by atoms with Gasteiger partial charge >= 0.3 is 0 Å². The van der Waals surface area contributed by atoms with Crippen molar-refractivity contribution in [3.05, 3.63) is 79.8 Å². The van der Waals surface area contributed by atoms with Crippen LogP contribution in [-0.4, -0.2) is 34.0 Å². The van der Waals surface area contributed by atoms with E-state index in [2.05, 4.69) is 21.0 Å². The van der Waals surface area contributed by atoms with Gasteiger partial charge in [-0.15, -0.1) is 0 Å². The summed E-state index contributed by atoms with van der Waals surface area (Å²) in [4.78, 5) is 25.6. The van der Waals surface area contributed by atoms with Gasteiger partial charge in [0.05, 0.1) is 12.1 Å². The number of nitrogens with zero attached hydrogens (tertiary/aromatic N) is 3. The van der Waals surface area contributed by atoms with Gasteiger partial charge in [0.15, 0.2) is 5.78 Å². The summed E-state index contributed by atoms with van der Waals surface area (Å²) < 4.78 is 0.886. The van der Waals surface area contributed by atoms with Gasteiger partial charge in [0.1, 0.15) is 12.1 Å². The monoisotopic (exact) mass is 455 g/mol. The molecule has 29 heavy (non-hydrogen) atoms. The second-order valence-electron chi connectivity index (χ2n) is 8.61. The molecule has 0 amide bonds. The van der Waals surface area contributed by atoms with Gasteiger partial charge in [0, 0.05) is 20.4 Å². The number of carbonyl (C=O) groups excluding carboxylic acids is 1. The Bertz CT molecular complexity index is 997. The van der Waals surface area contributed by atoms with Crippen molar-refractivity contribution < 1.29 is 9.72 Å². The first-order chi connectivity index (χ1) is 13.7. The van der Waals surface area contributed by atoms with Crippen LogP contribution in [-0.2, 0) is 4.79 Å². The van der Waals surface area contributed by atoms with E-state index >= 15 is 0 Å². The average molecular weight is 456 g/mol. The van der Waals surface area contributed by atoms with E-state index in [9.17, 15) is 14.9 Å². The van der Waals surface area contributed by atoms with E-state index in [1.807, 2.05) is 69.3 Å². The first-order valence-electron chi connectivity index (χ1n) is 9.54. The second kappa shape index (κ2) is 7.06. The van der Waals surface area contributed by atoms with Crippen LogP contribution in [0, 0.1) is 15.5 Å². The molecule has 4 atom stereocenters. The highest BCUT2D eigenvalue weighted by Crippen LogP contribution is 2.50. The number of hydrogen-bond donors (Lipinski definition) is 0. The number of nitro groups is 1. The topological polar surface area (TPSA) is 75.8 Å². The van der Waals surface area contributed by atoms with Crippen LogP contribution in [0.15, 0.2) is 58.1 Å². The molecule has 0 aromatic heterocycles. The Kier molecular flexibility index (Phi) is 4.81. The maximum absolute atomic E-state index is 13.5. The van der Waals surface area contributed by atoms with Gasteiger partial charge in [-0.25, -0.2) is 0 Å². The highest BCUT2D eigenvalue weighted by Gasteiger charge is 2.61. The quantitative estimate of drug-likeness (QED) is 0.501. The number of rotatable bonds is 3. The third-order valence-electron chi connectivity index (χ3n) is 5.75. The van der Waals surface area contributed by atoms with E-state index < -0.39 is 29.5 Å². The Morgan fingerprint density at radius 3 is 2.41 bits per heavy atom. The number of Topliss-reactive ketones (excluding diaryl/α,β-unsaturated/α-hetero) is 1. The zero-order valence-corrected chi connectivity index (χ0v) is 18.0. The smallest absolute Gasteiger partial charge is 0.248 e. The summed E-state index contributed by atoms with van der Waals surface area (Å²) in [5.74, 6) is -0.644. The minimum absolute atomic E-state index is 0.0451. The van der Waals surface area contributed by atoms with Crippen molar-refractivity contribution >= 4 is 27.9 Å². The van der Waals surface area contributed by atoms with Gasteiger partial charge in [-0.2, -0.15) is 5.10 Å². The third-order valence-corrected chi connectivity index (χ3v) is 6.28. The number of hydrazone groups is 1. The lowest BCUT2D eigenvalue weighted by Gasteiger charge is -2.33. The molecule has 0 bridgehead atoms. The van der Waals surface area contributed by atoms with Crippen LogP contribution in [0.4, 0.5) is 0 Å². The van der Waals surface area contributed by atoms with Crippen LogP contribution in [0.1, 0.15) is 49.4 Å². The van der Waals surface area contributed by atoms with E-state index in [4.69, 9.17) is 0 Å². The summed E-state index contributed by atoms with van der Waals surface area (Å²) >= 11 is 3.42. The van der Waals surface area contributed by atoms with Crippen molar-refractivity contribution in [2.24, 2.45) is 10.5 Å². The van der Waals surface area contributed by atoms with E-state index in [0.717, 1.165) is 21.2 Å². The standard InChI is InChI=1S/C22H22BrN3O3/c1-22(2,3)21(27)20-17(13-8-10-15(23)11-9-13)19(26(28)29)18-16-7-5-4-6-14(16)12-24-25(18)20/h4-12,17-20H,1-3H3/t17-,18+,19+,20+/m1/s1. The number of fused-ring (bicyclic) bond motifs is 3. The van der Waals surface area contributed by atoms with Crippen LogP contribution in [0.3, 0.4) is 0 Å². The predicted molar refractivity (Wildman–Crippen MR) is 115 cm³/mol. The Labute approximate surface area is 177 Å². The van der Waals surface area contributed by atoms with Crippen LogP contribution in [0.5, 0.6) is 0 Å². The Morgan fingerprint density at radius 1 is 1.14 bits per heavy atom. The largest absolute Gasteiger partial charge is 0.297 e. The van der Waals surface area contributed by atoms with Gasteiger partial charge in [-0.3, -0.25) is 19.9 Å². The van der Waals surface area contributed by atoms with Crippen molar-refractivity contribution in [1.82, 2.24) is 5.01 Å². The molecule has 2 heterocycles. The Hall–Kier alpha value is -2.54. The molecule has 0 saturated carbocycles. The van der Waals surface area contributed by atoms with Crippen molar-refractivity contribution in [1.29, 1.82) is 0 Å². The summed E-state index contributed by atoms with van der Waals surface area (Å²) in [6.45, 7) is 5.55. The fraction of sp³-hybridized carbons (Fsp3) is 0.364. The lowest BCUT2D eigenvalue weighted by Crippen LogP contribution is -2.43. The van der Waals surface area contributed by atoms with Gasteiger partial charge < -0.3 is 0 Å². The van der Waals surface area contributed by atoms with Gasteiger partial charge in [0.2, 0.25) is 6.04 Å². The summed E-state index contributed by atoms with van der Waals surface area (Å²) in [5, 5.41) is 18.6. The normalized spacial score (nSPS) is 25.4. The molecule has 2 aliphatic rings.